The largest absolute Gasteiger partial charge is 0.340 e. The normalized spacial score (nSPS) is 24.7. The Labute approximate surface area is 73.5 Å². The number of nitrogens with one attached hydrogen (secondary N) is 1. The first-order valence-corrected chi connectivity index (χ1v) is 3.75. The van der Waals surface area contributed by atoms with Gasteiger partial charge in [-0.25, -0.2) is 0 Å². The highest BCUT2D eigenvalue weighted by Gasteiger charge is 2.19. The zero-order valence-corrected chi connectivity index (χ0v) is 7.78. The van der Waals surface area contributed by atoms with Gasteiger partial charge in [-0.2, -0.15) is 0 Å². The molecule has 1 saturated heterocycles. The van der Waals surface area contributed by atoms with E-state index in [1.807, 2.05) is 11.8 Å². The lowest BCUT2D eigenvalue weighted by Crippen LogP contribution is -2.52. The van der Waals surface area contributed by atoms with Gasteiger partial charge in [-0.1, -0.05) is 0 Å². The second-order valence-corrected chi connectivity index (χ2v) is 2.71. The standard InChI is InChI=1S/C7H14N2O.ClH/c1-3-9-5-6(2)8-4-7(9)10;/h6,8H,3-5H2,1-2H3;1H/t6-;/m1./s1. The van der Waals surface area contributed by atoms with Gasteiger partial charge in [0.2, 0.25) is 5.91 Å². The summed E-state index contributed by atoms with van der Waals surface area (Å²) in [6.07, 6.45) is 0. The van der Waals surface area contributed by atoms with Crippen molar-refractivity contribution in [3.05, 3.63) is 0 Å². The van der Waals surface area contributed by atoms with Crippen LogP contribution in [0, 0.1) is 0 Å². The van der Waals surface area contributed by atoms with Gasteiger partial charge in [-0.3, -0.25) is 4.79 Å². The Morgan fingerprint density at radius 3 is 2.82 bits per heavy atom. The van der Waals surface area contributed by atoms with E-state index in [0.29, 0.717) is 12.6 Å². The fourth-order valence-electron chi connectivity index (χ4n) is 1.18. The molecule has 0 aromatic carbocycles. The highest BCUT2D eigenvalue weighted by atomic mass is 35.5. The molecule has 0 radical (unpaired) electrons. The molecule has 3 nitrogen and oxygen atoms in total. The Balaban J connectivity index is 0.000001000. The van der Waals surface area contributed by atoms with Crippen LogP contribution < -0.4 is 5.32 Å². The SMILES string of the molecule is CCN1C[C@@H](C)NCC1=O.Cl. The molecule has 0 aliphatic carbocycles. The van der Waals surface area contributed by atoms with E-state index in [-0.39, 0.29) is 18.3 Å². The van der Waals surface area contributed by atoms with E-state index in [4.69, 9.17) is 0 Å². The number of amides is 1. The summed E-state index contributed by atoms with van der Waals surface area (Å²) >= 11 is 0. The number of halogens is 1. The summed E-state index contributed by atoms with van der Waals surface area (Å²) < 4.78 is 0. The molecule has 0 bridgehead atoms. The van der Waals surface area contributed by atoms with Gasteiger partial charge in [0, 0.05) is 19.1 Å². The van der Waals surface area contributed by atoms with Crippen LogP contribution in [0.15, 0.2) is 0 Å². The van der Waals surface area contributed by atoms with Crippen LogP contribution in [0.2, 0.25) is 0 Å². The number of piperazine rings is 1. The third-order valence-corrected chi connectivity index (χ3v) is 1.83. The third-order valence-electron chi connectivity index (χ3n) is 1.83. The number of rotatable bonds is 1. The molecule has 1 N–H and O–H groups in total. The van der Waals surface area contributed by atoms with Crippen molar-refractivity contribution in [3.63, 3.8) is 0 Å². The van der Waals surface area contributed by atoms with Crippen molar-refractivity contribution in [2.24, 2.45) is 0 Å². The molecular formula is C7H15ClN2O. The lowest BCUT2D eigenvalue weighted by atomic mass is 10.2. The first-order valence-electron chi connectivity index (χ1n) is 3.75. The molecule has 1 heterocycles. The molecule has 1 amide bonds. The molecule has 0 saturated carbocycles. The highest BCUT2D eigenvalue weighted by molar-refractivity contribution is 5.85. The maximum atomic E-state index is 11.0. The van der Waals surface area contributed by atoms with Crippen molar-refractivity contribution >= 4 is 18.3 Å². The number of carbonyl (C=O) groups is 1. The second-order valence-electron chi connectivity index (χ2n) is 2.71. The fraction of sp³-hybridized carbons (Fsp3) is 0.857. The topological polar surface area (TPSA) is 32.3 Å². The van der Waals surface area contributed by atoms with Gasteiger partial charge in [-0.15, -0.1) is 12.4 Å². The highest BCUT2D eigenvalue weighted by Crippen LogP contribution is 1.98. The van der Waals surface area contributed by atoms with E-state index >= 15 is 0 Å². The molecule has 1 atom stereocenters. The molecule has 0 aromatic rings. The van der Waals surface area contributed by atoms with Gasteiger partial charge in [0.15, 0.2) is 0 Å². The van der Waals surface area contributed by atoms with Gasteiger partial charge in [0.1, 0.15) is 0 Å². The van der Waals surface area contributed by atoms with Crippen molar-refractivity contribution in [2.45, 2.75) is 19.9 Å². The van der Waals surface area contributed by atoms with E-state index in [1.165, 1.54) is 0 Å². The summed E-state index contributed by atoms with van der Waals surface area (Å²) in [5, 5.41) is 3.10. The van der Waals surface area contributed by atoms with E-state index in [0.717, 1.165) is 13.1 Å². The minimum Gasteiger partial charge on any atom is -0.340 e. The molecule has 0 spiro atoms. The second kappa shape index (κ2) is 4.57. The first-order chi connectivity index (χ1) is 4.74. The number of carbonyl (C=O) groups excluding carboxylic acids is 1. The number of hydrogen-bond acceptors (Lipinski definition) is 2. The average Bonchev–Trinajstić information content (AvgIpc) is 1.94. The third kappa shape index (κ3) is 2.67. The van der Waals surface area contributed by atoms with Crippen LogP contribution in [0.4, 0.5) is 0 Å². The summed E-state index contributed by atoms with van der Waals surface area (Å²) in [6, 6.07) is 0.456. The van der Waals surface area contributed by atoms with Crippen LogP contribution in [0.1, 0.15) is 13.8 Å². The van der Waals surface area contributed by atoms with Gasteiger partial charge in [-0.05, 0) is 13.8 Å². The zero-order chi connectivity index (χ0) is 7.56. The minimum atomic E-state index is 0. The Hall–Kier alpha value is -0.280. The van der Waals surface area contributed by atoms with Crippen LogP contribution >= 0.6 is 12.4 Å². The molecular weight excluding hydrogens is 164 g/mol. The molecule has 11 heavy (non-hydrogen) atoms. The van der Waals surface area contributed by atoms with Crippen molar-refractivity contribution in [2.75, 3.05) is 19.6 Å². The lowest BCUT2D eigenvalue weighted by Gasteiger charge is -2.30. The zero-order valence-electron chi connectivity index (χ0n) is 6.96. The van der Waals surface area contributed by atoms with Crippen molar-refractivity contribution < 1.29 is 4.79 Å². The Bertz CT molecular complexity index is 140. The minimum absolute atomic E-state index is 0. The maximum Gasteiger partial charge on any atom is 0.236 e. The average molecular weight is 179 g/mol. The molecule has 4 heteroatoms. The summed E-state index contributed by atoms with van der Waals surface area (Å²) in [4.78, 5) is 12.9. The molecule has 0 aromatic heterocycles. The monoisotopic (exact) mass is 178 g/mol. The van der Waals surface area contributed by atoms with Crippen LogP contribution in [0.5, 0.6) is 0 Å². The van der Waals surface area contributed by atoms with Crippen LogP contribution in [0.25, 0.3) is 0 Å². The van der Waals surface area contributed by atoms with E-state index in [1.54, 1.807) is 0 Å². The van der Waals surface area contributed by atoms with E-state index in [9.17, 15) is 4.79 Å². The Kier molecular flexibility index (Phi) is 4.45. The van der Waals surface area contributed by atoms with Crippen molar-refractivity contribution in [3.8, 4) is 0 Å². The maximum absolute atomic E-state index is 11.0. The Morgan fingerprint density at radius 1 is 1.73 bits per heavy atom. The molecule has 1 rings (SSSR count). The van der Waals surface area contributed by atoms with Crippen molar-refractivity contribution in [1.82, 2.24) is 10.2 Å². The predicted octanol–water partition coefficient (Wildman–Crippen LogP) is 0.248. The van der Waals surface area contributed by atoms with Gasteiger partial charge in [0.05, 0.1) is 6.54 Å². The molecule has 1 fully saturated rings. The molecule has 1 aliphatic rings. The van der Waals surface area contributed by atoms with Crippen LogP contribution in [0.3, 0.4) is 0 Å². The van der Waals surface area contributed by atoms with Gasteiger partial charge >= 0.3 is 0 Å². The van der Waals surface area contributed by atoms with E-state index < -0.39 is 0 Å². The molecule has 66 valence electrons. The van der Waals surface area contributed by atoms with E-state index in [2.05, 4.69) is 12.2 Å². The first kappa shape index (κ1) is 10.7. The summed E-state index contributed by atoms with van der Waals surface area (Å²) in [6.45, 7) is 6.31. The summed E-state index contributed by atoms with van der Waals surface area (Å²) in [5.74, 6) is 0.223. The Morgan fingerprint density at radius 2 is 2.36 bits per heavy atom. The van der Waals surface area contributed by atoms with Crippen molar-refractivity contribution in [1.29, 1.82) is 0 Å². The number of nitrogens with zero attached hydrogens (tertiary/aromatic N) is 1. The molecule has 1 aliphatic heterocycles. The smallest absolute Gasteiger partial charge is 0.236 e. The quantitative estimate of drug-likeness (QED) is 0.625. The summed E-state index contributed by atoms with van der Waals surface area (Å²) in [5.41, 5.74) is 0. The number of hydrogen-bond donors (Lipinski definition) is 1. The summed E-state index contributed by atoms with van der Waals surface area (Å²) in [7, 11) is 0. The van der Waals surface area contributed by atoms with Crippen LogP contribution in [-0.4, -0.2) is 36.5 Å². The fourth-order valence-corrected chi connectivity index (χ4v) is 1.18. The lowest BCUT2D eigenvalue weighted by molar-refractivity contribution is -0.132. The van der Waals surface area contributed by atoms with Gasteiger partial charge in [0.25, 0.3) is 0 Å². The number of likely N-dealkylation sites (N-methyl/N-ethyl adjacent to an activating group) is 1. The van der Waals surface area contributed by atoms with Gasteiger partial charge < -0.3 is 10.2 Å². The predicted molar refractivity (Wildman–Crippen MR) is 47.0 cm³/mol. The molecule has 0 unspecified atom stereocenters. The van der Waals surface area contributed by atoms with Crippen LogP contribution in [-0.2, 0) is 4.79 Å².